The van der Waals surface area contributed by atoms with Crippen LogP contribution < -0.4 is 10.2 Å². The van der Waals surface area contributed by atoms with Gasteiger partial charge in [-0.25, -0.2) is 4.90 Å². The summed E-state index contributed by atoms with van der Waals surface area (Å²) in [5.41, 5.74) is 1.23. The van der Waals surface area contributed by atoms with Crippen molar-refractivity contribution in [1.82, 2.24) is 4.90 Å². The third-order valence-corrected chi connectivity index (χ3v) is 7.79. The Balaban J connectivity index is 1.54. The normalized spacial score (nSPS) is 30.0. The Labute approximate surface area is 189 Å². The van der Waals surface area contributed by atoms with E-state index in [-0.39, 0.29) is 29.2 Å². The number of carbonyl (C=O) groups excluding carboxylic acids is 3. The Hall–Kier alpha value is -3.59. The average Bonchev–Trinajstić information content (AvgIpc) is 3.51. The number of para-hydroxylation sites is 1. The molecule has 4 atom stereocenters. The number of non-ortho nitro benzene ring substituents is 1. The highest BCUT2D eigenvalue weighted by Gasteiger charge is 2.74. The fourth-order valence-electron chi connectivity index (χ4n) is 6.59. The molecule has 0 radical (unpaired) electrons. The van der Waals surface area contributed by atoms with E-state index < -0.39 is 28.2 Å². The molecule has 9 heteroatoms. The van der Waals surface area contributed by atoms with E-state index in [0.717, 1.165) is 41.0 Å². The van der Waals surface area contributed by atoms with E-state index in [1.165, 1.54) is 24.3 Å². The van der Waals surface area contributed by atoms with Crippen molar-refractivity contribution >= 4 is 34.8 Å². The first-order chi connectivity index (χ1) is 15.9. The topological polar surface area (TPSA) is 113 Å². The molecule has 0 saturated carbocycles. The molecule has 9 nitrogen and oxygen atoms in total. The lowest BCUT2D eigenvalue weighted by Crippen LogP contribution is -2.54. The number of aryl methyl sites for hydroxylation is 1. The molecule has 4 aliphatic heterocycles. The maximum absolute atomic E-state index is 13.9. The number of nitrogens with one attached hydrogen (secondary N) is 1. The van der Waals surface area contributed by atoms with Gasteiger partial charge < -0.3 is 5.32 Å². The summed E-state index contributed by atoms with van der Waals surface area (Å²) in [4.78, 5) is 55.2. The number of nitro groups is 1. The molecule has 168 valence electrons. The molecule has 3 fully saturated rings. The monoisotopic (exact) mass is 446 g/mol. The van der Waals surface area contributed by atoms with Gasteiger partial charge in [0, 0.05) is 29.4 Å². The zero-order valence-electron chi connectivity index (χ0n) is 18.0. The minimum Gasteiger partial charge on any atom is -0.324 e. The van der Waals surface area contributed by atoms with E-state index >= 15 is 0 Å². The molecule has 0 unspecified atom stereocenters. The first-order valence-electron chi connectivity index (χ1n) is 11.2. The Bertz CT molecular complexity index is 1260. The summed E-state index contributed by atoms with van der Waals surface area (Å²) in [7, 11) is 0. The van der Waals surface area contributed by atoms with Gasteiger partial charge in [0.15, 0.2) is 0 Å². The standard InChI is InChI=1S/C24H22N4O5/c1-2-13-6-3-9-16-20(13)25-23(31)24(16)19-18(17-10-5-11-26(17)24)21(29)27(22(19)30)14-7-4-8-15(12-14)28(32)33/h3-4,6-9,12,17-19H,2,5,10-11H2,1H3,(H,25,31)/t17-,18-,19-,24-/m0/s1. The molecule has 6 rings (SSSR count). The third-order valence-electron chi connectivity index (χ3n) is 7.79. The Morgan fingerprint density at radius 3 is 2.70 bits per heavy atom. The van der Waals surface area contributed by atoms with Gasteiger partial charge in [-0.3, -0.25) is 29.4 Å². The zero-order chi connectivity index (χ0) is 23.1. The fraction of sp³-hybridized carbons (Fsp3) is 0.375. The van der Waals surface area contributed by atoms with Crippen LogP contribution in [0, 0.1) is 22.0 Å². The van der Waals surface area contributed by atoms with Gasteiger partial charge in [-0.05, 0) is 37.4 Å². The molecule has 1 spiro atoms. The summed E-state index contributed by atoms with van der Waals surface area (Å²) in [5, 5.41) is 14.3. The second-order valence-electron chi connectivity index (χ2n) is 9.11. The maximum atomic E-state index is 13.9. The van der Waals surface area contributed by atoms with Crippen molar-refractivity contribution in [2.24, 2.45) is 11.8 Å². The second kappa shape index (κ2) is 6.71. The van der Waals surface area contributed by atoms with Crippen LogP contribution in [0.25, 0.3) is 0 Å². The van der Waals surface area contributed by atoms with Crippen molar-refractivity contribution < 1.29 is 19.3 Å². The molecule has 4 aliphatic rings. The quantitative estimate of drug-likeness (QED) is 0.441. The molecular formula is C24H22N4O5. The lowest BCUT2D eigenvalue weighted by atomic mass is 9.75. The molecule has 0 aromatic heterocycles. The molecule has 0 aliphatic carbocycles. The van der Waals surface area contributed by atoms with Gasteiger partial charge in [-0.1, -0.05) is 31.2 Å². The van der Waals surface area contributed by atoms with Crippen molar-refractivity contribution in [3.05, 3.63) is 63.7 Å². The summed E-state index contributed by atoms with van der Waals surface area (Å²) < 4.78 is 0. The van der Waals surface area contributed by atoms with Crippen LogP contribution in [0.1, 0.15) is 30.9 Å². The molecule has 2 aromatic rings. The molecular weight excluding hydrogens is 424 g/mol. The summed E-state index contributed by atoms with van der Waals surface area (Å²) in [6.45, 7) is 2.65. The maximum Gasteiger partial charge on any atom is 0.271 e. The summed E-state index contributed by atoms with van der Waals surface area (Å²) in [6.07, 6.45) is 2.29. The van der Waals surface area contributed by atoms with Crippen LogP contribution in [0.2, 0.25) is 0 Å². The number of imide groups is 1. The lowest BCUT2D eigenvalue weighted by Gasteiger charge is -2.36. The molecule has 0 bridgehead atoms. The smallest absolute Gasteiger partial charge is 0.271 e. The Kier molecular flexibility index (Phi) is 4.08. The number of nitro benzene ring substituents is 1. The number of nitrogens with zero attached hydrogens (tertiary/aromatic N) is 3. The van der Waals surface area contributed by atoms with Gasteiger partial charge in [0.25, 0.3) is 5.69 Å². The second-order valence-corrected chi connectivity index (χ2v) is 9.11. The molecule has 1 N–H and O–H groups in total. The number of hydrogen-bond acceptors (Lipinski definition) is 6. The first kappa shape index (κ1) is 20.0. The summed E-state index contributed by atoms with van der Waals surface area (Å²) in [5.74, 6) is -2.65. The third kappa shape index (κ3) is 2.32. The van der Waals surface area contributed by atoms with Gasteiger partial charge in [0.05, 0.1) is 22.4 Å². The molecule has 33 heavy (non-hydrogen) atoms. The van der Waals surface area contributed by atoms with Crippen LogP contribution in [0.4, 0.5) is 17.1 Å². The fourth-order valence-corrected chi connectivity index (χ4v) is 6.59. The SMILES string of the molecule is CCc1cccc2c1NC(=O)[C@@]21[C@@H]2C(=O)N(c3cccc([N+](=O)[O-])c3)C(=O)[C@H]2[C@@H]2CCCN21. The largest absolute Gasteiger partial charge is 0.324 e. The number of benzene rings is 2. The van der Waals surface area contributed by atoms with E-state index in [4.69, 9.17) is 0 Å². The van der Waals surface area contributed by atoms with E-state index in [9.17, 15) is 24.5 Å². The zero-order valence-corrected chi connectivity index (χ0v) is 18.0. The van der Waals surface area contributed by atoms with Crippen LogP contribution in [-0.2, 0) is 26.3 Å². The van der Waals surface area contributed by atoms with E-state index in [1.807, 2.05) is 25.1 Å². The number of amides is 3. The number of carbonyl (C=O) groups is 3. The van der Waals surface area contributed by atoms with Crippen molar-refractivity contribution in [2.75, 3.05) is 16.8 Å². The highest BCUT2D eigenvalue weighted by molar-refractivity contribution is 6.26. The van der Waals surface area contributed by atoms with Crippen molar-refractivity contribution in [2.45, 2.75) is 37.8 Å². The Morgan fingerprint density at radius 1 is 1.15 bits per heavy atom. The summed E-state index contributed by atoms with van der Waals surface area (Å²) in [6, 6.07) is 11.1. The minimum absolute atomic E-state index is 0.175. The number of fused-ring (bicyclic) bond motifs is 7. The van der Waals surface area contributed by atoms with Crippen LogP contribution in [0.15, 0.2) is 42.5 Å². The predicted molar refractivity (Wildman–Crippen MR) is 118 cm³/mol. The molecule has 3 amide bonds. The molecule has 3 saturated heterocycles. The van der Waals surface area contributed by atoms with Gasteiger partial charge in [-0.15, -0.1) is 0 Å². The van der Waals surface area contributed by atoms with Crippen molar-refractivity contribution in [3.63, 3.8) is 0 Å². The number of rotatable bonds is 3. The van der Waals surface area contributed by atoms with Gasteiger partial charge in [-0.2, -0.15) is 0 Å². The van der Waals surface area contributed by atoms with Crippen LogP contribution >= 0.6 is 0 Å². The van der Waals surface area contributed by atoms with E-state index in [2.05, 4.69) is 10.2 Å². The number of anilines is 2. The average molecular weight is 446 g/mol. The highest BCUT2D eigenvalue weighted by atomic mass is 16.6. The molecule has 4 heterocycles. The highest BCUT2D eigenvalue weighted by Crippen LogP contribution is 2.61. The van der Waals surface area contributed by atoms with Crippen molar-refractivity contribution in [3.8, 4) is 0 Å². The van der Waals surface area contributed by atoms with E-state index in [1.54, 1.807) is 0 Å². The Morgan fingerprint density at radius 2 is 1.94 bits per heavy atom. The van der Waals surface area contributed by atoms with Gasteiger partial charge in [0.2, 0.25) is 17.7 Å². The molecule has 2 aromatic carbocycles. The minimum atomic E-state index is -1.24. The van der Waals surface area contributed by atoms with Gasteiger partial charge >= 0.3 is 0 Å². The van der Waals surface area contributed by atoms with Gasteiger partial charge in [0.1, 0.15) is 5.54 Å². The lowest BCUT2D eigenvalue weighted by molar-refractivity contribution is -0.384. The van der Waals surface area contributed by atoms with E-state index in [0.29, 0.717) is 6.54 Å². The van der Waals surface area contributed by atoms with Crippen LogP contribution in [0.5, 0.6) is 0 Å². The first-order valence-corrected chi connectivity index (χ1v) is 11.2. The van der Waals surface area contributed by atoms with Crippen LogP contribution in [0.3, 0.4) is 0 Å². The van der Waals surface area contributed by atoms with Crippen LogP contribution in [-0.4, -0.2) is 40.1 Å². The number of hydrogen-bond donors (Lipinski definition) is 1. The predicted octanol–water partition coefficient (Wildman–Crippen LogP) is 2.59. The summed E-state index contributed by atoms with van der Waals surface area (Å²) >= 11 is 0. The van der Waals surface area contributed by atoms with Crippen molar-refractivity contribution in [1.29, 1.82) is 0 Å².